The van der Waals surface area contributed by atoms with Crippen molar-refractivity contribution >= 4 is 17.6 Å². The second-order valence-electron chi connectivity index (χ2n) is 5.76. The summed E-state index contributed by atoms with van der Waals surface area (Å²) in [6.07, 6.45) is 1.37. The first-order valence-corrected chi connectivity index (χ1v) is 8.00. The molecule has 0 atom stereocenters. The molecule has 0 spiro atoms. The average Bonchev–Trinajstić information content (AvgIpc) is 3.02. The average molecular weight is 343 g/mol. The summed E-state index contributed by atoms with van der Waals surface area (Å²) in [5, 5.41) is 0. The fourth-order valence-corrected chi connectivity index (χ4v) is 2.77. The molecule has 1 saturated heterocycles. The van der Waals surface area contributed by atoms with Crippen LogP contribution in [0.5, 0.6) is 11.5 Å². The van der Waals surface area contributed by atoms with Gasteiger partial charge in [0.05, 0.1) is 13.5 Å². The number of methoxy groups -OCH3 is 1. The number of halogens is 1. The van der Waals surface area contributed by atoms with E-state index in [0.717, 1.165) is 12.1 Å². The lowest BCUT2D eigenvalue weighted by Crippen LogP contribution is -2.23. The van der Waals surface area contributed by atoms with Crippen molar-refractivity contribution < 1.29 is 23.5 Å². The molecule has 0 radical (unpaired) electrons. The molecule has 2 aromatic carbocycles. The number of ether oxygens (including phenoxy) is 2. The van der Waals surface area contributed by atoms with Crippen molar-refractivity contribution in [2.75, 3.05) is 18.6 Å². The molecule has 0 aliphatic carbocycles. The third kappa shape index (κ3) is 3.96. The van der Waals surface area contributed by atoms with Gasteiger partial charge in [0, 0.05) is 18.7 Å². The van der Waals surface area contributed by atoms with E-state index in [1.165, 1.54) is 19.2 Å². The second kappa shape index (κ2) is 7.34. The van der Waals surface area contributed by atoms with Crippen LogP contribution in [0.2, 0.25) is 0 Å². The van der Waals surface area contributed by atoms with Crippen LogP contribution in [0.3, 0.4) is 0 Å². The first kappa shape index (κ1) is 17.0. The molecular formula is C19H18FNO4. The molecule has 0 saturated carbocycles. The highest BCUT2D eigenvalue weighted by molar-refractivity contribution is 5.95. The van der Waals surface area contributed by atoms with Gasteiger partial charge in [0.1, 0.15) is 5.75 Å². The van der Waals surface area contributed by atoms with Gasteiger partial charge in [0.25, 0.3) is 0 Å². The van der Waals surface area contributed by atoms with Crippen LogP contribution in [0.25, 0.3) is 0 Å². The summed E-state index contributed by atoms with van der Waals surface area (Å²) in [4.78, 5) is 25.4. The molecule has 1 aliphatic rings. The quantitative estimate of drug-likeness (QED) is 0.618. The van der Waals surface area contributed by atoms with Crippen molar-refractivity contribution in [2.45, 2.75) is 19.3 Å². The van der Waals surface area contributed by atoms with Gasteiger partial charge in [-0.25, -0.2) is 4.39 Å². The fourth-order valence-electron chi connectivity index (χ4n) is 2.77. The smallest absolute Gasteiger partial charge is 0.315 e. The predicted molar refractivity (Wildman–Crippen MR) is 90.3 cm³/mol. The Morgan fingerprint density at radius 2 is 1.96 bits per heavy atom. The van der Waals surface area contributed by atoms with Crippen LogP contribution in [-0.4, -0.2) is 25.5 Å². The van der Waals surface area contributed by atoms with Crippen LogP contribution in [0.1, 0.15) is 18.4 Å². The minimum Gasteiger partial charge on any atom is -0.494 e. The van der Waals surface area contributed by atoms with Crippen molar-refractivity contribution in [1.82, 2.24) is 0 Å². The Morgan fingerprint density at radius 3 is 2.56 bits per heavy atom. The molecular weight excluding hydrogens is 325 g/mol. The molecule has 6 heteroatoms. The summed E-state index contributed by atoms with van der Waals surface area (Å²) in [6, 6.07) is 11.1. The summed E-state index contributed by atoms with van der Waals surface area (Å²) >= 11 is 0. The minimum atomic E-state index is -0.521. The standard InChI is InChI=1S/C19H18FNO4/c1-24-17-9-4-13(11-16(17)20)12-19(23)25-15-7-5-14(6-8-15)21-10-2-3-18(21)22/h4-9,11H,2-3,10,12H2,1H3. The van der Waals surface area contributed by atoms with Gasteiger partial charge < -0.3 is 14.4 Å². The highest BCUT2D eigenvalue weighted by Crippen LogP contribution is 2.24. The van der Waals surface area contributed by atoms with Gasteiger partial charge in [-0.2, -0.15) is 0 Å². The molecule has 1 fully saturated rings. The number of benzene rings is 2. The predicted octanol–water partition coefficient (Wildman–Crippen LogP) is 3.11. The number of amides is 1. The van der Waals surface area contributed by atoms with E-state index in [1.54, 1.807) is 35.2 Å². The summed E-state index contributed by atoms with van der Waals surface area (Å²) in [7, 11) is 1.38. The molecule has 0 N–H and O–H groups in total. The second-order valence-corrected chi connectivity index (χ2v) is 5.76. The highest BCUT2D eigenvalue weighted by atomic mass is 19.1. The Balaban J connectivity index is 1.61. The van der Waals surface area contributed by atoms with Gasteiger partial charge in [-0.3, -0.25) is 9.59 Å². The lowest BCUT2D eigenvalue weighted by atomic mass is 10.1. The van der Waals surface area contributed by atoms with E-state index in [-0.39, 0.29) is 18.1 Å². The van der Waals surface area contributed by atoms with Gasteiger partial charge in [-0.1, -0.05) is 6.07 Å². The van der Waals surface area contributed by atoms with Crippen LogP contribution in [0.15, 0.2) is 42.5 Å². The number of carbonyl (C=O) groups excluding carboxylic acids is 2. The molecule has 1 amide bonds. The van der Waals surface area contributed by atoms with Crippen LogP contribution in [0, 0.1) is 5.82 Å². The maximum atomic E-state index is 13.6. The van der Waals surface area contributed by atoms with Crippen LogP contribution < -0.4 is 14.4 Å². The van der Waals surface area contributed by atoms with Crippen molar-refractivity contribution in [3.8, 4) is 11.5 Å². The number of carbonyl (C=O) groups is 2. The maximum absolute atomic E-state index is 13.6. The van der Waals surface area contributed by atoms with Gasteiger partial charge >= 0.3 is 5.97 Å². The Morgan fingerprint density at radius 1 is 1.20 bits per heavy atom. The molecule has 0 aromatic heterocycles. The number of nitrogens with zero attached hydrogens (tertiary/aromatic N) is 1. The molecule has 5 nitrogen and oxygen atoms in total. The molecule has 1 aliphatic heterocycles. The number of hydrogen-bond donors (Lipinski definition) is 0. The van der Waals surface area contributed by atoms with Crippen LogP contribution in [0.4, 0.5) is 10.1 Å². The lowest BCUT2D eigenvalue weighted by Gasteiger charge is -2.15. The van der Waals surface area contributed by atoms with E-state index < -0.39 is 11.8 Å². The molecule has 25 heavy (non-hydrogen) atoms. The van der Waals surface area contributed by atoms with Crippen molar-refractivity contribution in [2.24, 2.45) is 0 Å². The van der Waals surface area contributed by atoms with Crippen molar-refractivity contribution in [3.63, 3.8) is 0 Å². The topological polar surface area (TPSA) is 55.8 Å². The summed E-state index contributed by atoms with van der Waals surface area (Å²) < 4.78 is 23.7. The Kier molecular flexibility index (Phi) is 4.97. The first-order valence-electron chi connectivity index (χ1n) is 8.00. The van der Waals surface area contributed by atoms with Crippen molar-refractivity contribution in [3.05, 3.63) is 53.8 Å². The third-order valence-corrected chi connectivity index (χ3v) is 4.02. The molecule has 3 rings (SSSR count). The molecule has 0 bridgehead atoms. The summed E-state index contributed by atoms with van der Waals surface area (Å²) in [5.41, 5.74) is 1.29. The van der Waals surface area contributed by atoms with Gasteiger partial charge in [0.2, 0.25) is 5.91 Å². The van der Waals surface area contributed by atoms with E-state index >= 15 is 0 Å². The van der Waals surface area contributed by atoms with E-state index in [4.69, 9.17) is 9.47 Å². The first-order chi connectivity index (χ1) is 12.1. The zero-order valence-corrected chi connectivity index (χ0v) is 13.8. The zero-order valence-electron chi connectivity index (χ0n) is 13.8. The van der Waals surface area contributed by atoms with E-state index in [2.05, 4.69) is 0 Å². The Hall–Kier alpha value is -2.89. The lowest BCUT2D eigenvalue weighted by molar-refractivity contribution is -0.133. The molecule has 0 unspecified atom stereocenters. The number of esters is 1. The number of anilines is 1. The van der Waals surface area contributed by atoms with E-state index in [1.807, 2.05) is 0 Å². The van der Waals surface area contributed by atoms with Gasteiger partial charge in [-0.05, 0) is 48.4 Å². The minimum absolute atomic E-state index is 0.0483. The Bertz CT molecular complexity index is 789. The molecule has 130 valence electrons. The monoisotopic (exact) mass is 343 g/mol. The normalized spacial score (nSPS) is 13.8. The zero-order chi connectivity index (χ0) is 17.8. The number of rotatable bonds is 5. The van der Waals surface area contributed by atoms with Crippen molar-refractivity contribution in [1.29, 1.82) is 0 Å². The third-order valence-electron chi connectivity index (χ3n) is 4.02. The Labute approximate surface area is 145 Å². The van der Waals surface area contributed by atoms with Gasteiger partial charge in [-0.15, -0.1) is 0 Å². The van der Waals surface area contributed by atoms with E-state index in [9.17, 15) is 14.0 Å². The number of hydrogen-bond acceptors (Lipinski definition) is 4. The van der Waals surface area contributed by atoms with Gasteiger partial charge in [0.15, 0.2) is 11.6 Å². The summed E-state index contributed by atoms with van der Waals surface area (Å²) in [6.45, 7) is 0.709. The van der Waals surface area contributed by atoms with Crippen LogP contribution >= 0.6 is 0 Å². The SMILES string of the molecule is COc1ccc(CC(=O)Oc2ccc(N3CCCC3=O)cc2)cc1F. The molecule has 2 aromatic rings. The van der Waals surface area contributed by atoms with Crippen LogP contribution in [-0.2, 0) is 16.0 Å². The largest absolute Gasteiger partial charge is 0.494 e. The molecule has 1 heterocycles. The summed E-state index contributed by atoms with van der Waals surface area (Å²) in [5.74, 6) is -0.396. The van der Waals surface area contributed by atoms with E-state index in [0.29, 0.717) is 24.3 Å². The highest BCUT2D eigenvalue weighted by Gasteiger charge is 2.21. The maximum Gasteiger partial charge on any atom is 0.315 e. The fraction of sp³-hybridized carbons (Fsp3) is 0.263.